The molecule has 0 saturated heterocycles. The molecule has 0 saturated carbocycles. The Balaban J connectivity index is 2.75. The normalized spacial score (nSPS) is 9.40. The number of rotatable bonds is 2. The van der Waals surface area contributed by atoms with Crippen molar-refractivity contribution in [1.29, 1.82) is 0 Å². The highest BCUT2D eigenvalue weighted by Crippen LogP contribution is 1.84. The predicted octanol–water partition coefficient (Wildman–Crippen LogP) is -0.330. The van der Waals surface area contributed by atoms with Gasteiger partial charge in [0.25, 0.3) is 0 Å². The highest BCUT2D eigenvalue weighted by atomic mass is 19.3. The topological polar surface area (TPSA) is 42.4 Å². The van der Waals surface area contributed by atoms with Crippen LogP contribution in [0, 0.1) is 0 Å². The molecular formula is C5H5BFNO2. The number of halogens is 1. The Morgan fingerprint density at radius 1 is 1.70 bits per heavy atom. The molecule has 1 heterocycles. The van der Waals surface area contributed by atoms with E-state index in [2.05, 4.69) is 9.84 Å². The van der Waals surface area contributed by atoms with Crippen molar-refractivity contribution < 1.29 is 14.4 Å². The lowest BCUT2D eigenvalue weighted by Crippen LogP contribution is -2.31. The van der Waals surface area contributed by atoms with Gasteiger partial charge in [-0.3, -0.25) is 4.98 Å². The minimum absolute atomic E-state index is 0.296. The lowest BCUT2D eigenvalue weighted by Gasteiger charge is -1.96. The fraction of sp³-hybridized carbons (Fsp3) is 0. The molecule has 0 amide bonds. The zero-order valence-corrected chi connectivity index (χ0v) is 5.07. The second kappa shape index (κ2) is 3.29. The molecule has 0 aliphatic rings. The zero-order valence-electron chi connectivity index (χ0n) is 5.07. The van der Waals surface area contributed by atoms with Gasteiger partial charge in [0, 0.05) is 17.9 Å². The first kappa shape index (κ1) is 7.18. The van der Waals surface area contributed by atoms with E-state index in [1.807, 2.05) is 0 Å². The molecule has 10 heavy (non-hydrogen) atoms. The van der Waals surface area contributed by atoms with Gasteiger partial charge in [-0.05, 0) is 6.07 Å². The van der Waals surface area contributed by atoms with Crippen molar-refractivity contribution in [3.8, 4) is 0 Å². The monoisotopic (exact) mass is 141 g/mol. The maximum Gasteiger partial charge on any atom is 0.531 e. The maximum atomic E-state index is 11.3. The molecule has 1 N–H and O–H groups in total. The highest BCUT2D eigenvalue weighted by Gasteiger charge is 2.16. The molecule has 0 aromatic carbocycles. The standard InChI is InChI=1S/C5H5BFNO2/c7-10-6(9)5-2-1-3-8-4-5/h1-4,9H. The van der Waals surface area contributed by atoms with Gasteiger partial charge in [-0.2, -0.15) is 0 Å². The Morgan fingerprint density at radius 2 is 2.50 bits per heavy atom. The van der Waals surface area contributed by atoms with Crippen LogP contribution in [0.25, 0.3) is 0 Å². The van der Waals surface area contributed by atoms with Gasteiger partial charge in [0.05, 0.1) is 0 Å². The molecule has 0 radical (unpaired) electrons. The zero-order chi connectivity index (χ0) is 7.40. The lowest BCUT2D eigenvalue weighted by atomic mass is 9.82. The summed E-state index contributed by atoms with van der Waals surface area (Å²) in [6.45, 7) is 0. The first-order chi connectivity index (χ1) is 4.84. The van der Waals surface area contributed by atoms with Gasteiger partial charge in [0.1, 0.15) is 0 Å². The molecule has 1 rings (SSSR count). The van der Waals surface area contributed by atoms with Crippen LogP contribution in [0.5, 0.6) is 0 Å². The summed E-state index contributed by atoms with van der Waals surface area (Å²) in [5.74, 6) is 0. The predicted molar refractivity (Wildman–Crippen MR) is 34.0 cm³/mol. The number of aromatic nitrogens is 1. The average Bonchev–Trinajstić information content (AvgIpc) is 2.05. The SMILES string of the molecule is OB(OF)c1cccnc1. The Labute approximate surface area is 57.5 Å². The summed E-state index contributed by atoms with van der Waals surface area (Å²) in [4.78, 5) is 6.80. The van der Waals surface area contributed by atoms with Gasteiger partial charge in [-0.1, -0.05) is 10.6 Å². The Bertz CT molecular complexity index is 196. The Kier molecular flexibility index (Phi) is 2.36. The van der Waals surface area contributed by atoms with Crippen LogP contribution in [0.2, 0.25) is 0 Å². The summed E-state index contributed by atoms with van der Waals surface area (Å²) in [5.41, 5.74) is 0.296. The molecule has 0 aliphatic carbocycles. The molecule has 0 unspecified atom stereocenters. The van der Waals surface area contributed by atoms with Gasteiger partial charge >= 0.3 is 7.12 Å². The third kappa shape index (κ3) is 1.52. The van der Waals surface area contributed by atoms with E-state index >= 15 is 0 Å². The number of pyridine rings is 1. The van der Waals surface area contributed by atoms with E-state index in [0.717, 1.165) is 0 Å². The molecule has 0 bridgehead atoms. The summed E-state index contributed by atoms with van der Waals surface area (Å²) in [6.07, 6.45) is 2.85. The second-order valence-corrected chi connectivity index (χ2v) is 1.73. The van der Waals surface area contributed by atoms with Gasteiger partial charge in [0.15, 0.2) is 0 Å². The quantitative estimate of drug-likeness (QED) is 0.573. The molecule has 3 nitrogen and oxygen atoms in total. The lowest BCUT2D eigenvalue weighted by molar-refractivity contribution is -0.0267. The van der Waals surface area contributed by atoms with Crippen molar-refractivity contribution in [2.45, 2.75) is 0 Å². The van der Waals surface area contributed by atoms with E-state index in [1.165, 1.54) is 18.5 Å². The third-order valence-corrected chi connectivity index (χ3v) is 1.05. The third-order valence-electron chi connectivity index (χ3n) is 1.05. The molecule has 1 aromatic heterocycles. The van der Waals surface area contributed by atoms with Crippen LogP contribution < -0.4 is 5.46 Å². The van der Waals surface area contributed by atoms with Gasteiger partial charge in [-0.15, -0.1) is 0 Å². The van der Waals surface area contributed by atoms with Crippen molar-refractivity contribution in [2.75, 3.05) is 0 Å². The van der Waals surface area contributed by atoms with Crippen LogP contribution in [-0.2, 0) is 4.86 Å². The number of hydrogen-bond acceptors (Lipinski definition) is 3. The molecule has 0 fully saturated rings. The van der Waals surface area contributed by atoms with E-state index in [9.17, 15) is 4.53 Å². The molecule has 0 aliphatic heterocycles. The minimum atomic E-state index is -1.52. The Morgan fingerprint density at radius 3 is 3.00 bits per heavy atom. The van der Waals surface area contributed by atoms with E-state index in [4.69, 9.17) is 5.02 Å². The summed E-state index contributed by atoms with van der Waals surface area (Å²) in [7, 11) is -1.52. The second-order valence-electron chi connectivity index (χ2n) is 1.73. The smallest absolute Gasteiger partial charge is 0.421 e. The van der Waals surface area contributed by atoms with Gasteiger partial charge in [0.2, 0.25) is 0 Å². The minimum Gasteiger partial charge on any atom is -0.421 e. The Hall–Kier alpha value is -0.935. The van der Waals surface area contributed by atoms with Crippen molar-refractivity contribution in [3.63, 3.8) is 0 Å². The molecule has 5 heteroatoms. The largest absolute Gasteiger partial charge is 0.531 e. The van der Waals surface area contributed by atoms with Crippen molar-refractivity contribution in [2.24, 2.45) is 0 Å². The fourth-order valence-electron chi connectivity index (χ4n) is 0.573. The molecular weight excluding hydrogens is 136 g/mol. The maximum absolute atomic E-state index is 11.3. The fourth-order valence-corrected chi connectivity index (χ4v) is 0.573. The van der Waals surface area contributed by atoms with Crippen LogP contribution in [0.4, 0.5) is 4.53 Å². The van der Waals surface area contributed by atoms with Crippen LogP contribution in [-0.4, -0.2) is 17.1 Å². The van der Waals surface area contributed by atoms with Gasteiger partial charge < -0.3 is 5.02 Å². The van der Waals surface area contributed by atoms with Crippen molar-refractivity contribution in [3.05, 3.63) is 24.5 Å². The number of nitrogens with zero attached hydrogens (tertiary/aromatic N) is 1. The van der Waals surface area contributed by atoms with Gasteiger partial charge in [-0.25, -0.2) is 4.86 Å². The first-order valence-corrected chi connectivity index (χ1v) is 2.70. The van der Waals surface area contributed by atoms with E-state index < -0.39 is 7.12 Å². The molecule has 1 aromatic rings. The first-order valence-electron chi connectivity index (χ1n) is 2.70. The summed E-state index contributed by atoms with van der Waals surface area (Å²) in [6, 6.07) is 3.09. The van der Waals surface area contributed by atoms with E-state index in [-0.39, 0.29) is 0 Å². The average molecular weight is 141 g/mol. The molecule has 0 atom stereocenters. The summed E-state index contributed by atoms with van der Waals surface area (Å²) < 4.78 is 11.3. The summed E-state index contributed by atoms with van der Waals surface area (Å²) >= 11 is 0. The molecule has 0 spiro atoms. The van der Waals surface area contributed by atoms with Crippen LogP contribution in [0.3, 0.4) is 0 Å². The van der Waals surface area contributed by atoms with Crippen molar-refractivity contribution >= 4 is 12.6 Å². The summed E-state index contributed by atoms with van der Waals surface area (Å²) in [5, 5.41) is 8.69. The van der Waals surface area contributed by atoms with Crippen molar-refractivity contribution in [1.82, 2.24) is 4.98 Å². The van der Waals surface area contributed by atoms with Crippen LogP contribution in [0.15, 0.2) is 24.5 Å². The van der Waals surface area contributed by atoms with E-state index in [1.54, 1.807) is 6.07 Å². The number of hydrogen-bond donors (Lipinski definition) is 1. The van der Waals surface area contributed by atoms with Crippen LogP contribution >= 0.6 is 0 Å². The molecule has 52 valence electrons. The van der Waals surface area contributed by atoms with Crippen LogP contribution in [0.1, 0.15) is 0 Å². The highest BCUT2D eigenvalue weighted by molar-refractivity contribution is 6.59. The van der Waals surface area contributed by atoms with E-state index in [0.29, 0.717) is 5.46 Å².